The van der Waals surface area contributed by atoms with E-state index in [4.69, 9.17) is 5.11 Å². The zero-order chi connectivity index (χ0) is 13.4. The van der Waals surface area contributed by atoms with E-state index >= 15 is 0 Å². The van der Waals surface area contributed by atoms with E-state index < -0.39 is 0 Å². The molecule has 0 saturated heterocycles. The lowest BCUT2D eigenvalue weighted by molar-refractivity contribution is 0.271. The summed E-state index contributed by atoms with van der Waals surface area (Å²) in [5.74, 6) is 0. The van der Waals surface area contributed by atoms with Crippen LogP contribution in [0.5, 0.6) is 0 Å². The van der Waals surface area contributed by atoms with E-state index in [1.54, 1.807) is 22.9 Å². The predicted molar refractivity (Wildman–Crippen MR) is 66.9 cm³/mol. The Morgan fingerprint density at radius 3 is 3.05 bits per heavy atom. The maximum Gasteiger partial charge on any atom is 0.364 e. The third-order valence-corrected chi connectivity index (χ3v) is 3.64. The maximum atomic E-state index is 11.4. The van der Waals surface area contributed by atoms with Crippen molar-refractivity contribution in [1.82, 2.24) is 29.4 Å². The standard InChI is InChI=1S/C10H10N6O2S/c1-15-6(5-17)4-11-10(15)19-8-3-2-7-12-13-9(18)16(7)14-8/h2-4,17H,5H2,1H3,(H,13,18). The van der Waals surface area contributed by atoms with Crippen molar-refractivity contribution in [3.8, 4) is 0 Å². The molecule has 3 rings (SSSR count). The van der Waals surface area contributed by atoms with Gasteiger partial charge in [-0.05, 0) is 23.9 Å². The lowest BCUT2D eigenvalue weighted by atomic mass is 10.5. The van der Waals surface area contributed by atoms with E-state index in [1.165, 1.54) is 16.3 Å². The highest BCUT2D eigenvalue weighted by Gasteiger charge is 2.10. The number of aromatic nitrogens is 6. The van der Waals surface area contributed by atoms with Crippen LogP contribution in [0.1, 0.15) is 5.69 Å². The number of H-pyrrole nitrogens is 1. The first-order chi connectivity index (χ1) is 9.19. The normalized spacial score (nSPS) is 11.3. The fourth-order valence-corrected chi connectivity index (χ4v) is 2.41. The summed E-state index contributed by atoms with van der Waals surface area (Å²) in [7, 11) is 1.81. The van der Waals surface area contributed by atoms with Crippen molar-refractivity contribution < 1.29 is 5.11 Å². The summed E-state index contributed by atoms with van der Waals surface area (Å²) in [5, 5.41) is 20.7. The molecular formula is C10H10N6O2S. The van der Waals surface area contributed by atoms with Crippen LogP contribution in [-0.2, 0) is 13.7 Å². The monoisotopic (exact) mass is 278 g/mol. The fraction of sp³-hybridized carbons (Fsp3) is 0.200. The second-order valence-electron chi connectivity index (χ2n) is 3.82. The smallest absolute Gasteiger partial charge is 0.364 e. The van der Waals surface area contributed by atoms with Crippen molar-refractivity contribution in [2.45, 2.75) is 16.8 Å². The quantitative estimate of drug-likeness (QED) is 0.687. The van der Waals surface area contributed by atoms with Crippen LogP contribution < -0.4 is 5.69 Å². The molecule has 3 heterocycles. The molecule has 8 nitrogen and oxygen atoms in total. The molecule has 0 aliphatic carbocycles. The number of fused-ring (bicyclic) bond motifs is 1. The van der Waals surface area contributed by atoms with E-state index in [0.717, 1.165) is 0 Å². The Labute approximate surface area is 111 Å². The first kappa shape index (κ1) is 11.9. The summed E-state index contributed by atoms with van der Waals surface area (Å²) in [4.78, 5) is 15.6. The number of nitrogens with one attached hydrogen (secondary N) is 1. The Balaban J connectivity index is 1.98. The molecule has 3 aromatic heterocycles. The minimum atomic E-state index is -0.381. The van der Waals surface area contributed by atoms with Gasteiger partial charge in [0.1, 0.15) is 5.03 Å². The number of nitrogens with zero attached hydrogens (tertiary/aromatic N) is 5. The number of hydrogen-bond donors (Lipinski definition) is 2. The Morgan fingerprint density at radius 2 is 2.32 bits per heavy atom. The average Bonchev–Trinajstić information content (AvgIpc) is 2.95. The van der Waals surface area contributed by atoms with Gasteiger partial charge in [0.15, 0.2) is 10.8 Å². The highest BCUT2D eigenvalue weighted by Crippen LogP contribution is 2.24. The Bertz CT molecular complexity index is 789. The average molecular weight is 278 g/mol. The van der Waals surface area contributed by atoms with Crippen LogP contribution in [0, 0.1) is 0 Å². The lowest BCUT2D eigenvalue weighted by Gasteiger charge is -2.03. The van der Waals surface area contributed by atoms with Crippen LogP contribution in [0.15, 0.2) is 33.3 Å². The maximum absolute atomic E-state index is 11.4. The van der Waals surface area contributed by atoms with Crippen molar-refractivity contribution in [2.75, 3.05) is 0 Å². The highest BCUT2D eigenvalue weighted by molar-refractivity contribution is 7.99. The van der Waals surface area contributed by atoms with Crippen molar-refractivity contribution in [3.05, 3.63) is 34.5 Å². The number of imidazole rings is 1. The van der Waals surface area contributed by atoms with Crippen LogP contribution in [-0.4, -0.2) is 34.5 Å². The molecule has 0 fully saturated rings. The molecule has 0 atom stereocenters. The molecule has 0 aliphatic rings. The highest BCUT2D eigenvalue weighted by atomic mass is 32.2. The van der Waals surface area contributed by atoms with Gasteiger partial charge < -0.3 is 9.67 Å². The summed E-state index contributed by atoms with van der Waals surface area (Å²) >= 11 is 1.31. The predicted octanol–water partition coefficient (Wildman–Crippen LogP) is -0.205. The van der Waals surface area contributed by atoms with E-state index in [-0.39, 0.29) is 12.3 Å². The number of aliphatic hydroxyl groups excluding tert-OH is 1. The molecule has 98 valence electrons. The molecule has 0 bridgehead atoms. The van der Waals surface area contributed by atoms with Crippen LogP contribution in [0.3, 0.4) is 0 Å². The van der Waals surface area contributed by atoms with Crippen LogP contribution in [0.2, 0.25) is 0 Å². The first-order valence-electron chi connectivity index (χ1n) is 5.43. The van der Waals surface area contributed by atoms with Crippen molar-refractivity contribution in [3.63, 3.8) is 0 Å². The van der Waals surface area contributed by atoms with Gasteiger partial charge in [-0.15, -0.1) is 0 Å². The van der Waals surface area contributed by atoms with E-state index in [1.807, 2.05) is 7.05 Å². The Morgan fingerprint density at radius 1 is 1.47 bits per heavy atom. The van der Waals surface area contributed by atoms with Crippen molar-refractivity contribution in [1.29, 1.82) is 0 Å². The second kappa shape index (κ2) is 4.52. The van der Waals surface area contributed by atoms with Gasteiger partial charge in [0.2, 0.25) is 0 Å². The lowest BCUT2D eigenvalue weighted by Crippen LogP contribution is -2.12. The molecule has 0 amide bonds. The number of rotatable bonds is 3. The van der Waals surface area contributed by atoms with Crippen LogP contribution in [0.25, 0.3) is 5.65 Å². The SMILES string of the molecule is Cn1c(CO)cnc1Sc1ccc2n[nH]c(=O)n2n1. The number of hydrogen-bond acceptors (Lipinski definition) is 6. The fourth-order valence-electron chi connectivity index (χ4n) is 1.60. The van der Waals surface area contributed by atoms with Gasteiger partial charge in [-0.1, -0.05) is 0 Å². The summed E-state index contributed by atoms with van der Waals surface area (Å²) in [6.07, 6.45) is 1.60. The molecule has 0 spiro atoms. The molecule has 0 aliphatic heterocycles. The van der Waals surface area contributed by atoms with E-state index in [9.17, 15) is 4.79 Å². The van der Waals surface area contributed by atoms with Gasteiger partial charge in [-0.2, -0.15) is 14.7 Å². The third kappa shape index (κ3) is 2.02. The van der Waals surface area contributed by atoms with E-state index in [0.29, 0.717) is 21.5 Å². The second-order valence-corrected chi connectivity index (χ2v) is 4.81. The molecule has 0 unspecified atom stereocenters. The van der Waals surface area contributed by atoms with Gasteiger partial charge in [0, 0.05) is 7.05 Å². The van der Waals surface area contributed by atoms with Crippen LogP contribution in [0.4, 0.5) is 0 Å². The van der Waals surface area contributed by atoms with Gasteiger partial charge >= 0.3 is 5.69 Å². The van der Waals surface area contributed by atoms with Gasteiger partial charge in [0.25, 0.3) is 0 Å². The molecule has 9 heteroatoms. The summed E-state index contributed by atoms with van der Waals surface area (Å²) in [6, 6.07) is 3.46. The molecular weight excluding hydrogens is 268 g/mol. The first-order valence-corrected chi connectivity index (χ1v) is 6.24. The molecule has 0 radical (unpaired) electrons. The summed E-state index contributed by atoms with van der Waals surface area (Å²) in [5.41, 5.74) is 0.794. The summed E-state index contributed by atoms with van der Waals surface area (Å²) < 4.78 is 2.97. The molecule has 0 saturated carbocycles. The minimum absolute atomic E-state index is 0.0717. The Kier molecular flexibility index (Phi) is 2.84. The third-order valence-electron chi connectivity index (χ3n) is 2.65. The molecule has 19 heavy (non-hydrogen) atoms. The zero-order valence-electron chi connectivity index (χ0n) is 9.94. The van der Waals surface area contributed by atoms with Crippen LogP contribution >= 0.6 is 11.8 Å². The van der Waals surface area contributed by atoms with E-state index in [2.05, 4.69) is 20.3 Å². The molecule has 2 N–H and O–H groups in total. The summed E-state index contributed by atoms with van der Waals surface area (Å²) in [6.45, 7) is -0.0717. The molecule has 0 aromatic carbocycles. The number of aromatic amines is 1. The number of aliphatic hydroxyl groups is 1. The van der Waals surface area contributed by atoms with Gasteiger partial charge in [0.05, 0.1) is 18.5 Å². The Hall–Kier alpha value is -2.13. The topological polar surface area (TPSA) is 101 Å². The minimum Gasteiger partial charge on any atom is -0.390 e. The van der Waals surface area contributed by atoms with Gasteiger partial charge in [-0.3, -0.25) is 0 Å². The zero-order valence-corrected chi connectivity index (χ0v) is 10.8. The molecule has 3 aromatic rings. The van der Waals surface area contributed by atoms with Crippen molar-refractivity contribution >= 4 is 17.4 Å². The van der Waals surface area contributed by atoms with Crippen molar-refractivity contribution in [2.24, 2.45) is 7.05 Å². The largest absolute Gasteiger partial charge is 0.390 e. The van der Waals surface area contributed by atoms with Gasteiger partial charge in [-0.25, -0.2) is 14.9 Å².